The van der Waals surface area contributed by atoms with Gasteiger partial charge in [-0.15, -0.1) is 0 Å². The maximum atomic E-state index is 12.1. The fourth-order valence-electron chi connectivity index (χ4n) is 2.26. The Hall–Kier alpha value is -2.93. The Bertz CT molecular complexity index is 826. The molecule has 2 rings (SSSR count). The Kier molecular flexibility index (Phi) is 6.30. The van der Waals surface area contributed by atoms with E-state index in [1.54, 1.807) is 37.3 Å². The molecule has 2 aromatic carbocycles. The van der Waals surface area contributed by atoms with Gasteiger partial charge in [0.25, 0.3) is 0 Å². The number of halogens is 1. The zero-order valence-electron chi connectivity index (χ0n) is 14.6. The van der Waals surface area contributed by atoms with Gasteiger partial charge in [0, 0.05) is 5.69 Å². The molecule has 7 nitrogen and oxygen atoms in total. The fourth-order valence-corrected chi connectivity index (χ4v) is 2.44. The van der Waals surface area contributed by atoms with Gasteiger partial charge >= 0.3 is 11.8 Å². The van der Waals surface area contributed by atoms with Crippen molar-refractivity contribution in [1.29, 1.82) is 0 Å². The second-order valence-electron chi connectivity index (χ2n) is 5.50. The molecule has 26 heavy (non-hydrogen) atoms. The Morgan fingerprint density at radius 3 is 2.35 bits per heavy atom. The lowest BCUT2D eigenvalue weighted by Gasteiger charge is -2.16. The molecule has 0 aliphatic carbocycles. The van der Waals surface area contributed by atoms with Crippen molar-refractivity contribution in [3.8, 4) is 11.5 Å². The molecule has 0 aliphatic rings. The van der Waals surface area contributed by atoms with Crippen molar-refractivity contribution in [3.63, 3.8) is 0 Å². The highest BCUT2D eigenvalue weighted by Crippen LogP contribution is 2.29. The van der Waals surface area contributed by atoms with Gasteiger partial charge in [0.2, 0.25) is 0 Å². The number of ether oxygens (including phenoxy) is 2. The van der Waals surface area contributed by atoms with Crippen molar-refractivity contribution in [3.05, 3.63) is 47.0 Å². The van der Waals surface area contributed by atoms with Gasteiger partial charge in [-0.05, 0) is 42.8 Å². The van der Waals surface area contributed by atoms with Crippen LogP contribution in [0.2, 0.25) is 5.02 Å². The first-order chi connectivity index (χ1) is 12.3. The molecule has 8 heteroatoms. The summed E-state index contributed by atoms with van der Waals surface area (Å²) in [5, 5.41) is 5.39. The second kappa shape index (κ2) is 8.44. The van der Waals surface area contributed by atoms with Gasteiger partial charge in [0.05, 0.1) is 31.0 Å². The van der Waals surface area contributed by atoms with Crippen molar-refractivity contribution in [1.82, 2.24) is 5.32 Å². The van der Waals surface area contributed by atoms with E-state index in [9.17, 15) is 9.59 Å². The number of benzene rings is 2. The summed E-state index contributed by atoms with van der Waals surface area (Å²) >= 11 is 5.90. The van der Waals surface area contributed by atoms with Crippen molar-refractivity contribution in [2.75, 3.05) is 25.3 Å². The quantitative estimate of drug-likeness (QED) is 0.549. The molecule has 1 unspecified atom stereocenters. The summed E-state index contributed by atoms with van der Waals surface area (Å²) in [5.41, 5.74) is 7.14. The van der Waals surface area contributed by atoms with Crippen LogP contribution in [0.15, 0.2) is 36.4 Å². The van der Waals surface area contributed by atoms with Crippen LogP contribution in [0.3, 0.4) is 0 Å². The number of methoxy groups -OCH3 is 2. The number of carbonyl (C=O) groups excluding carboxylic acids is 2. The highest BCUT2D eigenvalue weighted by Gasteiger charge is 2.18. The van der Waals surface area contributed by atoms with Gasteiger partial charge < -0.3 is 25.8 Å². The van der Waals surface area contributed by atoms with E-state index < -0.39 is 17.9 Å². The first kappa shape index (κ1) is 19.4. The van der Waals surface area contributed by atoms with Crippen LogP contribution >= 0.6 is 11.6 Å². The molecule has 0 bridgehead atoms. The first-order valence-electron chi connectivity index (χ1n) is 7.74. The fraction of sp³-hybridized carbons (Fsp3) is 0.222. The van der Waals surface area contributed by atoms with Gasteiger partial charge in [-0.3, -0.25) is 9.59 Å². The maximum Gasteiger partial charge on any atom is 0.313 e. The average molecular weight is 378 g/mol. The van der Waals surface area contributed by atoms with Gasteiger partial charge in [-0.1, -0.05) is 17.7 Å². The average Bonchev–Trinajstić information content (AvgIpc) is 2.63. The van der Waals surface area contributed by atoms with Crippen LogP contribution < -0.4 is 25.8 Å². The molecule has 1 atom stereocenters. The number of hydrogen-bond acceptors (Lipinski definition) is 5. The lowest BCUT2D eigenvalue weighted by molar-refractivity contribution is -0.136. The molecule has 0 saturated carbocycles. The predicted molar refractivity (Wildman–Crippen MR) is 101 cm³/mol. The van der Waals surface area contributed by atoms with Crippen LogP contribution in [0.4, 0.5) is 11.4 Å². The molecular formula is C18H20ClN3O4. The van der Waals surface area contributed by atoms with E-state index in [1.165, 1.54) is 20.3 Å². The third-order valence-corrected chi connectivity index (χ3v) is 4.05. The number of nitrogens with two attached hydrogens (primary N) is 1. The van der Waals surface area contributed by atoms with Crippen LogP contribution in [0.5, 0.6) is 11.5 Å². The number of carbonyl (C=O) groups is 2. The number of anilines is 2. The van der Waals surface area contributed by atoms with Crippen molar-refractivity contribution in [2.24, 2.45) is 0 Å². The largest absolute Gasteiger partial charge is 0.493 e. The van der Waals surface area contributed by atoms with Crippen LogP contribution in [0.1, 0.15) is 18.5 Å². The van der Waals surface area contributed by atoms with E-state index in [2.05, 4.69) is 10.6 Å². The first-order valence-corrected chi connectivity index (χ1v) is 8.12. The summed E-state index contributed by atoms with van der Waals surface area (Å²) in [4.78, 5) is 24.2. The molecule has 0 fully saturated rings. The minimum Gasteiger partial charge on any atom is -0.493 e. The summed E-state index contributed by atoms with van der Waals surface area (Å²) in [6, 6.07) is 9.41. The molecule has 138 valence electrons. The number of nitrogen functional groups attached to an aromatic ring is 1. The van der Waals surface area contributed by atoms with Crippen molar-refractivity contribution >= 4 is 34.8 Å². The van der Waals surface area contributed by atoms with Crippen LogP contribution in [-0.4, -0.2) is 26.0 Å². The summed E-state index contributed by atoms with van der Waals surface area (Å²) in [6.07, 6.45) is 0. The Labute approximate surface area is 156 Å². The smallest absolute Gasteiger partial charge is 0.313 e. The van der Waals surface area contributed by atoms with Crippen LogP contribution in [-0.2, 0) is 9.59 Å². The standard InChI is InChI=1S/C18H20ClN3O4/c1-10(11-4-7-15(25-2)16(8-11)26-3)21-17(23)18(24)22-12-5-6-14(20)13(19)9-12/h4-10H,20H2,1-3H3,(H,21,23)(H,22,24). The Balaban J connectivity index is 2.03. The van der Waals surface area contributed by atoms with Gasteiger partial charge in [0.15, 0.2) is 11.5 Å². The summed E-state index contributed by atoms with van der Waals surface area (Å²) in [5.74, 6) is -0.474. The third-order valence-electron chi connectivity index (χ3n) is 3.72. The zero-order chi connectivity index (χ0) is 19.3. The van der Waals surface area contributed by atoms with E-state index in [4.69, 9.17) is 26.8 Å². The molecule has 0 aromatic heterocycles. The predicted octanol–water partition coefficient (Wildman–Crippen LogP) is 2.76. The summed E-state index contributed by atoms with van der Waals surface area (Å²) < 4.78 is 10.4. The van der Waals surface area contributed by atoms with Crippen LogP contribution in [0.25, 0.3) is 0 Å². The number of amides is 2. The number of rotatable bonds is 5. The lowest BCUT2D eigenvalue weighted by Crippen LogP contribution is -2.36. The van der Waals surface area contributed by atoms with Gasteiger partial charge in [0.1, 0.15) is 0 Å². The molecule has 0 radical (unpaired) electrons. The highest BCUT2D eigenvalue weighted by molar-refractivity contribution is 6.40. The van der Waals surface area contributed by atoms with Crippen LogP contribution in [0, 0.1) is 0 Å². The molecule has 2 amide bonds. The molecule has 0 heterocycles. The normalized spacial score (nSPS) is 11.4. The second-order valence-corrected chi connectivity index (χ2v) is 5.91. The van der Waals surface area contributed by atoms with E-state index in [0.717, 1.165) is 5.56 Å². The monoisotopic (exact) mass is 377 g/mol. The minimum atomic E-state index is -0.807. The molecule has 0 spiro atoms. The van der Waals surface area contributed by atoms with Gasteiger partial charge in [-0.2, -0.15) is 0 Å². The van der Waals surface area contributed by atoms with E-state index in [1.807, 2.05) is 0 Å². The van der Waals surface area contributed by atoms with Crippen molar-refractivity contribution < 1.29 is 19.1 Å². The van der Waals surface area contributed by atoms with E-state index >= 15 is 0 Å². The lowest BCUT2D eigenvalue weighted by atomic mass is 10.1. The summed E-state index contributed by atoms with van der Waals surface area (Å²) in [6.45, 7) is 1.76. The van der Waals surface area contributed by atoms with Crippen molar-refractivity contribution in [2.45, 2.75) is 13.0 Å². The zero-order valence-corrected chi connectivity index (χ0v) is 15.4. The maximum absolute atomic E-state index is 12.1. The molecule has 0 aliphatic heterocycles. The molecule has 2 aromatic rings. The SMILES string of the molecule is COc1ccc(C(C)NC(=O)C(=O)Nc2ccc(N)c(Cl)c2)cc1OC. The number of hydrogen-bond donors (Lipinski definition) is 3. The highest BCUT2D eigenvalue weighted by atomic mass is 35.5. The van der Waals surface area contributed by atoms with Gasteiger partial charge in [-0.25, -0.2) is 0 Å². The van der Waals surface area contributed by atoms with E-state index in [0.29, 0.717) is 27.9 Å². The summed E-state index contributed by atoms with van der Waals surface area (Å²) in [7, 11) is 3.06. The Morgan fingerprint density at radius 1 is 1.04 bits per heavy atom. The molecular weight excluding hydrogens is 358 g/mol. The molecule has 0 saturated heterocycles. The molecule has 4 N–H and O–H groups in total. The topological polar surface area (TPSA) is 103 Å². The Morgan fingerprint density at radius 2 is 1.73 bits per heavy atom. The van der Waals surface area contributed by atoms with E-state index in [-0.39, 0.29) is 0 Å². The third kappa shape index (κ3) is 4.58. The minimum absolute atomic E-state index is 0.293. The number of nitrogens with one attached hydrogen (secondary N) is 2.